The molecule has 2 fully saturated rings. The Morgan fingerprint density at radius 2 is 2.00 bits per heavy atom. The van der Waals surface area contributed by atoms with Gasteiger partial charge in [-0.25, -0.2) is 0 Å². The lowest BCUT2D eigenvalue weighted by Gasteiger charge is -2.29. The van der Waals surface area contributed by atoms with E-state index in [0.29, 0.717) is 11.8 Å². The minimum atomic E-state index is -0.498. The minimum absolute atomic E-state index is 0. The Kier molecular flexibility index (Phi) is 5.84. The first kappa shape index (κ1) is 17.3. The molecule has 122 valence electrons. The number of likely N-dealkylation sites (tertiary alicyclic amines) is 1. The Balaban J connectivity index is 0.00000176. The molecule has 0 spiro atoms. The van der Waals surface area contributed by atoms with E-state index in [9.17, 15) is 4.79 Å². The molecule has 0 bridgehead atoms. The predicted molar refractivity (Wildman–Crippen MR) is 88.8 cm³/mol. The summed E-state index contributed by atoms with van der Waals surface area (Å²) in [5.74, 6) is 1.12. The van der Waals surface area contributed by atoms with Gasteiger partial charge < -0.3 is 15.4 Å². The fourth-order valence-electron chi connectivity index (χ4n) is 3.87. The van der Waals surface area contributed by atoms with Crippen LogP contribution in [0.3, 0.4) is 0 Å². The predicted octanol–water partition coefficient (Wildman–Crippen LogP) is 2.38. The molecule has 5 heteroatoms. The number of carbonyl (C=O) groups is 1. The van der Waals surface area contributed by atoms with Gasteiger partial charge in [-0.2, -0.15) is 0 Å². The number of halogens is 1. The molecule has 4 nitrogen and oxygen atoms in total. The summed E-state index contributed by atoms with van der Waals surface area (Å²) in [6, 6.07) is 9.97. The molecule has 0 radical (unpaired) electrons. The van der Waals surface area contributed by atoms with Gasteiger partial charge in [0.05, 0.1) is 0 Å². The lowest BCUT2D eigenvalue weighted by molar-refractivity contribution is -0.141. The number of fused-ring (bicyclic) bond motifs is 1. The molecule has 3 rings (SSSR count). The molecule has 1 aromatic carbocycles. The highest BCUT2D eigenvalue weighted by atomic mass is 35.5. The second-order valence-electron chi connectivity index (χ2n) is 6.29. The minimum Gasteiger partial charge on any atom is -0.367 e. The van der Waals surface area contributed by atoms with Gasteiger partial charge >= 0.3 is 0 Å². The van der Waals surface area contributed by atoms with Crippen molar-refractivity contribution in [2.75, 3.05) is 20.2 Å². The van der Waals surface area contributed by atoms with Crippen molar-refractivity contribution in [1.29, 1.82) is 0 Å². The highest BCUT2D eigenvalue weighted by Crippen LogP contribution is 2.36. The number of nitrogens with two attached hydrogens (primary N) is 1. The largest absolute Gasteiger partial charge is 0.367 e. The van der Waals surface area contributed by atoms with Gasteiger partial charge in [0.25, 0.3) is 5.91 Å². The van der Waals surface area contributed by atoms with E-state index in [1.54, 1.807) is 7.11 Å². The molecule has 1 aliphatic heterocycles. The zero-order chi connectivity index (χ0) is 14.8. The van der Waals surface area contributed by atoms with Gasteiger partial charge in [-0.1, -0.05) is 36.8 Å². The summed E-state index contributed by atoms with van der Waals surface area (Å²) in [5.41, 5.74) is 7.15. The zero-order valence-corrected chi connectivity index (χ0v) is 13.8. The summed E-state index contributed by atoms with van der Waals surface area (Å²) in [5, 5.41) is 0. The van der Waals surface area contributed by atoms with Crippen LogP contribution in [0.5, 0.6) is 0 Å². The van der Waals surface area contributed by atoms with Crippen molar-refractivity contribution in [2.24, 2.45) is 17.6 Å². The van der Waals surface area contributed by atoms with Gasteiger partial charge in [-0.05, 0) is 30.2 Å². The molecule has 4 atom stereocenters. The Hall–Kier alpha value is -1.10. The number of amides is 1. The molecule has 1 aromatic rings. The van der Waals surface area contributed by atoms with Gasteiger partial charge in [-0.3, -0.25) is 4.79 Å². The summed E-state index contributed by atoms with van der Waals surface area (Å²) >= 11 is 0. The van der Waals surface area contributed by atoms with Crippen molar-refractivity contribution >= 4 is 18.3 Å². The van der Waals surface area contributed by atoms with Gasteiger partial charge in [-0.15, -0.1) is 12.4 Å². The van der Waals surface area contributed by atoms with Crippen molar-refractivity contribution in [3.8, 4) is 0 Å². The smallest absolute Gasteiger partial charge is 0.256 e. The van der Waals surface area contributed by atoms with Crippen molar-refractivity contribution < 1.29 is 9.53 Å². The summed E-state index contributed by atoms with van der Waals surface area (Å²) in [7, 11) is 1.60. The molecular formula is C17H25ClN2O2. The van der Waals surface area contributed by atoms with E-state index in [0.717, 1.165) is 25.1 Å². The Morgan fingerprint density at radius 3 is 2.64 bits per heavy atom. The summed E-state index contributed by atoms with van der Waals surface area (Å²) in [4.78, 5) is 14.7. The Bertz CT molecular complexity index is 497. The van der Waals surface area contributed by atoms with Crippen LogP contribution in [0.2, 0.25) is 0 Å². The summed E-state index contributed by atoms with van der Waals surface area (Å²) in [6.07, 6.45) is 2.99. The number of benzene rings is 1. The summed E-state index contributed by atoms with van der Waals surface area (Å²) in [6.45, 7) is 1.63. The molecule has 1 saturated heterocycles. The van der Waals surface area contributed by atoms with Gasteiger partial charge in [0, 0.05) is 26.2 Å². The number of hydrogen-bond acceptors (Lipinski definition) is 3. The third-order valence-electron chi connectivity index (χ3n) is 5.03. The molecular weight excluding hydrogens is 300 g/mol. The maximum absolute atomic E-state index is 12.8. The standard InChI is InChI=1S/C17H24N2O2.ClH/c1-21-16(12-6-3-2-4-7-12)17(20)19-10-13-8-5-9-15(18)14(13)11-19;/h2-4,6-7,13-16H,5,8-11,18H2,1H3;1H. The number of nitrogens with zero attached hydrogens (tertiary/aromatic N) is 1. The van der Waals surface area contributed by atoms with E-state index in [1.165, 1.54) is 12.8 Å². The van der Waals surface area contributed by atoms with Crippen LogP contribution in [-0.2, 0) is 9.53 Å². The molecule has 22 heavy (non-hydrogen) atoms. The Morgan fingerprint density at radius 1 is 1.27 bits per heavy atom. The van der Waals surface area contributed by atoms with Gasteiger partial charge in [0.2, 0.25) is 0 Å². The lowest BCUT2D eigenvalue weighted by Crippen LogP contribution is -2.39. The maximum Gasteiger partial charge on any atom is 0.256 e. The van der Waals surface area contributed by atoms with Crippen molar-refractivity contribution in [3.05, 3.63) is 35.9 Å². The molecule has 1 saturated carbocycles. The van der Waals surface area contributed by atoms with E-state index in [1.807, 2.05) is 35.2 Å². The normalized spacial score (nSPS) is 28.6. The number of rotatable bonds is 3. The molecule has 4 unspecified atom stereocenters. The highest BCUT2D eigenvalue weighted by Gasteiger charge is 2.41. The van der Waals surface area contributed by atoms with Crippen LogP contribution in [0.4, 0.5) is 0 Å². The van der Waals surface area contributed by atoms with E-state index >= 15 is 0 Å². The second kappa shape index (κ2) is 7.44. The molecule has 1 heterocycles. The molecule has 2 N–H and O–H groups in total. The first-order valence-electron chi connectivity index (χ1n) is 7.83. The first-order valence-corrected chi connectivity index (χ1v) is 7.83. The fourth-order valence-corrected chi connectivity index (χ4v) is 3.87. The van der Waals surface area contributed by atoms with Crippen LogP contribution >= 0.6 is 12.4 Å². The van der Waals surface area contributed by atoms with Crippen LogP contribution in [-0.4, -0.2) is 37.0 Å². The van der Waals surface area contributed by atoms with Crippen LogP contribution in [0.1, 0.15) is 30.9 Å². The monoisotopic (exact) mass is 324 g/mol. The zero-order valence-electron chi connectivity index (χ0n) is 13.0. The van der Waals surface area contributed by atoms with E-state index in [-0.39, 0.29) is 24.4 Å². The molecule has 0 aromatic heterocycles. The Labute approximate surface area is 138 Å². The third-order valence-corrected chi connectivity index (χ3v) is 5.03. The molecule has 2 aliphatic rings. The van der Waals surface area contributed by atoms with Gasteiger partial charge in [0.1, 0.15) is 0 Å². The van der Waals surface area contributed by atoms with Crippen LogP contribution in [0.15, 0.2) is 30.3 Å². The van der Waals surface area contributed by atoms with Crippen LogP contribution < -0.4 is 5.73 Å². The van der Waals surface area contributed by atoms with E-state index in [2.05, 4.69) is 0 Å². The SMILES string of the molecule is COC(C(=O)N1CC2CCCC(N)C2C1)c1ccccc1.Cl. The second-order valence-corrected chi connectivity index (χ2v) is 6.29. The van der Waals surface area contributed by atoms with Crippen molar-refractivity contribution in [1.82, 2.24) is 4.90 Å². The average molecular weight is 325 g/mol. The topological polar surface area (TPSA) is 55.6 Å². The molecule has 1 aliphatic carbocycles. The highest BCUT2D eigenvalue weighted by molar-refractivity contribution is 5.85. The van der Waals surface area contributed by atoms with E-state index in [4.69, 9.17) is 10.5 Å². The van der Waals surface area contributed by atoms with Crippen LogP contribution in [0.25, 0.3) is 0 Å². The molecule has 1 amide bonds. The first-order chi connectivity index (χ1) is 10.2. The fraction of sp³-hybridized carbons (Fsp3) is 0.588. The number of ether oxygens (including phenoxy) is 1. The summed E-state index contributed by atoms with van der Waals surface area (Å²) < 4.78 is 5.47. The lowest BCUT2D eigenvalue weighted by atomic mass is 9.78. The number of carbonyl (C=O) groups excluding carboxylic acids is 1. The maximum atomic E-state index is 12.8. The average Bonchev–Trinajstić information content (AvgIpc) is 2.95. The quantitative estimate of drug-likeness (QED) is 0.928. The van der Waals surface area contributed by atoms with E-state index < -0.39 is 6.10 Å². The number of methoxy groups -OCH3 is 1. The van der Waals surface area contributed by atoms with Crippen molar-refractivity contribution in [3.63, 3.8) is 0 Å². The van der Waals surface area contributed by atoms with Crippen molar-refractivity contribution in [2.45, 2.75) is 31.4 Å². The van der Waals surface area contributed by atoms with Crippen LogP contribution in [0, 0.1) is 11.8 Å². The number of hydrogen-bond donors (Lipinski definition) is 1. The third kappa shape index (κ3) is 3.29. The van der Waals surface area contributed by atoms with Gasteiger partial charge in [0.15, 0.2) is 6.10 Å².